The largest absolute Gasteiger partial charge is 0.507 e. The second-order valence-electron chi connectivity index (χ2n) is 7.87. The highest BCUT2D eigenvalue weighted by atomic mass is 16.5. The number of furan rings is 1. The zero-order valence-corrected chi connectivity index (χ0v) is 18.4. The van der Waals surface area contributed by atoms with Crippen molar-refractivity contribution in [2.75, 3.05) is 6.61 Å². The van der Waals surface area contributed by atoms with Crippen LogP contribution in [0.15, 0.2) is 77.2 Å². The molecule has 3 aromatic rings. The molecule has 1 aliphatic heterocycles. The molecule has 33 heavy (non-hydrogen) atoms. The number of aliphatic hydroxyl groups excluding tert-OH is 1. The number of carbonyl (C=O) groups excluding carboxylic acids is 2. The highest BCUT2D eigenvalue weighted by Gasteiger charge is 2.46. The van der Waals surface area contributed by atoms with Crippen molar-refractivity contribution in [3.8, 4) is 5.75 Å². The molecule has 4 rings (SSSR count). The van der Waals surface area contributed by atoms with Gasteiger partial charge in [0.1, 0.15) is 17.3 Å². The minimum Gasteiger partial charge on any atom is -0.507 e. The smallest absolute Gasteiger partial charge is 0.296 e. The number of benzene rings is 1. The third-order valence-corrected chi connectivity index (χ3v) is 5.59. The number of ketones is 1. The molecular formula is C26H26N2O5. The van der Waals surface area contributed by atoms with Crippen LogP contribution in [0.25, 0.3) is 5.76 Å². The van der Waals surface area contributed by atoms with Gasteiger partial charge in [-0.25, -0.2) is 0 Å². The van der Waals surface area contributed by atoms with Gasteiger partial charge >= 0.3 is 0 Å². The van der Waals surface area contributed by atoms with Crippen molar-refractivity contribution in [2.24, 2.45) is 0 Å². The number of ether oxygens (including phenoxy) is 1. The first-order valence-corrected chi connectivity index (χ1v) is 11.0. The quantitative estimate of drug-likeness (QED) is 0.218. The number of rotatable bonds is 9. The van der Waals surface area contributed by atoms with Gasteiger partial charge in [0.15, 0.2) is 0 Å². The summed E-state index contributed by atoms with van der Waals surface area (Å²) in [6, 6.07) is 13.2. The average molecular weight is 447 g/mol. The summed E-state index contributed by atoms with van der Waals surface area (Å²) in [6.45, 7) is 2.81. The topological polar surface area (TPSA) is 92.9 Å². The van der Waals surface area contributed by atoms with Crippen molar-refractivity contribution in [1.82, 2.24) is 9.88 Å². The van der Waals surface area contributed by atoms with E-state index in [4.69, 9.17) is 9.15 Å². The summed E-state index contributed by atoms with van der Waals surface area (Å²) >= 11 is 0. The van der Waals surface area contributed by atoms with Gasteiger partial charge in [-0.05, 0) is 48.4 Å². The van der Waals surface area contributed by atoms with Crippen LogP contribution in [0.2, 0.25) is 0 Å². The van der Waals surface area contributed by atoms with Crippen molar-refractivity contribution in [3.63, 3.8) is 0 Å². The predicted octanol–water partition coefficient (Wildman–Crippen LogP) is 4.87. The van der Waals surface area contributed by atoms with Gasteiger partial charge in [-0.3, -0.25) is 14.6 Å². The SMILES string of the molecule is CCCCCOc1cccc(C2/C(=C(\O)c3ccncc3)C(=O)C(=O)N2Cc2ccco2)c1. The minimum absolute atomic E-state index is 0.0286. The van der Waals surface area contributed by atoms with E-state index in [-0.39, 0.29) is 17.9 Å². The molecule has 3 heterocycles. The van der Waals surface area contributed by atoms with Crippen molar-refractivity contribution >= 4 is 17.4 Å². The third-order valence-electron chi connectivity index (χ3n) is 5.59. The number of hydrogen-bond donors (Lipinski definition) is 1. The number of hydrogen-bond acceptors (Lipinski definition) is 6. The molecule has 0 spiro atoms. The molecule has 0 saturated carbocycles. The Morgan fingerprint density at radius 2 is 1.94 bits per heavy atom. The number of Topliss-reactive ketones (excluding diaryl/α,β-unsaturated/α-hetero) is 1. The summed E-state index contributed by atoms with van der Waals surface area (Å²) in [5.74, 6) is -0.484. The fourth-order valence-corrected chi connectivity index (χ4v) is 3.94. The molecule has 170 valence electrons. The van der Waals surface area contributed by atoms with Crippen LogP contribution in [0.1, 0.15) is 49.1 Å². The average Bonchev–Trinajstić information content (AvgIpc) is 3.44. The first-order valence-electron chi connectivity index (χ1n) is 11.0. The van der Waals surface area contributed by atoms with E-state index < -0.39 is 17.7 Å². The second-order valence-corrected chi connectivity index (χ2v) is 7.87. The van der Waals surface area contributed by atoms with E-state index in [1.807, 2.05) is 24.3 Å². The van der Waals surface area contributed by atoms with Gasteiger partial charge in [0, 0.05) is 18.0 Å². The van der Waals surface area contributed by atoms with Gasteiger partial charge in [0.05, 0.1) is 31.0 Å². The Balaban J connectivity index is 1.75. The summed E-state index contributed by atoms with van der Waals surface area (Å²) in [7, 11) is 0. The predicted molar refractivity (Wildman–Crippen MR) is 122 cm³/mol. The van der Waals surface area contributed by atoms with Crippen LogP contribution in [0.3, 0.4) is 0 Å². The number of likely N-dealkylation sites (tertiary alicyclic amines) is 1. The fourth-order valence-electron chi connectivity index (χ4n) is 3.94. The molecule has 1 fully saturated rings. The minimum atomic E-state index is -0.789. The highest BCUT2D eigenvalue weighted by molar-refractivity contribution is 6.46. The van der Waals surface area contributed by atoms with Gasteiger partial charge in [0.25, 0.3) is 11.7 Å². The van der Waals surface area contributed by atoms with E-state index in [0.29, 0.717) is 29.2 Å². The van der Waals surface area contributed by atoms with Gasteiger partial charge in [0.2, 0.25) is 0 Å². The molecule has 1 unspecified atom stereocenters. The molecular weight excluding hydrogens is 420 g/mol. The Kier molecular flexibility index (Phi) is 6.88. The van der Waals surface area contributed by atoms with E-state index in [1.165, 1.54) is 23.6 Å². The lowest BCUT2D eigenvalue weighted by atomic mass is 9.95. The summed E-state index contributed by atoms with van der Waals surface area (Å²) in [6.07, 6.45) is 7.68. The molecule has 1 aliphatic rings. The molecule has 0 aliphatic carbocycles. The number of aromatic nitrogens is 1. The van der Waals surface area contributed by atoms with Gasteiger partial charge in [-0.2, -0.15) is 0 Å². The normalized spacial score (nSPS) is 17.5. The lowest BCUT2D eigenvalue weighted by molar-refractivity contribution is -0.140. The van der Waals surface area contributed by atoms with E-state index in [2.05, 4.69) is 11.9 Å². The molecule has 7 heteroatoms. The first-order chi connectivity index (χ1) is 16.1. The maximum Gasteiger partial charge on any atom is 0.296 e. The zero-order chi connectivity index (χ0) is 23.2. The molecule has 0 radical (unpaired) electrons. The Labute approximate surface area is 192 Å². The van der Waals surface area contributed by atoms with E-state index >= 15 is 0 Å². The molecule has 1 N–H and O–H groups in total. The van der Waals surface area contributed by atoms with Crippen LogP contribution >= 0.6 is 0 Å². The number of unbranched alkanes of at least 4 members (excludes halogenated alkanes) is 2. The lowest BCUT2D eigenvalue weighted by Gasteiger charge is -2.25. The van der Waals surface area contributed by atoms with Crippen LogP contribution in [0.5, 0.6) is 5.75 Å². The maximum atomic E-state index is 13.1. The third kappa shape index (κ3) is 4.82. The van der Waals surface area contributed by atoms with Gasteiger partial charge in [-0.1, -0.05) is 31.9 Å². The fraction of sp³-hybridized carbons (Fsp3) is 0.269. The highest BCUT2D eigenvalue weighted by Crippen LogP contribution is 2.41. The molecule has 2 aromatic heterocycles. The van der Waals surface area contributed by atoms with Crippen LogP contribution in [0.4, 0.5) is 0 Å². The number of pyridine rings is 1. The summed E-state index contributed by atoms with van der Waals surface area (Å²) in [5.41, 5.74) is 1.11. The number of nitrogens with zero attached hydrogens (tertiary/aromatic N) is 2. The molecule has 1 saturated heterocycles. The van der Waals surface area contributed by atoms with Crippen molar-refractivity contribution in [2.45, 2.75) is 38.8 Å². The van der Waals surface area contributed by atoms with Crippen LogP contribution in [0, 0.1) is 0 Å². The second kappa shape index (κ2) is 10.2. The van der Waals surface area contributed by atoms with Gasteiger partial charge < -0.3 is 19.2 Å². The zero-order valence-electron chi connectivity index (χ0n) is 18.4. The Morgan fingerprint density at radius 1 is 1.12 bits per heavy atom. The van der Waals surface area contributed by atoms with Crippen LogP contribution in [-0.2, 0) is 16.1 Å². The molecule has 7 nitrogen and oxygen atoms in total. The number of aliphatic hydroxyl groups is 1. The maximum absolute atomic E-state index is 13.1. The first kappa shape index (κ1) is 22.3. The molecule has 1 aromatic carbocycles. The Hall–Kier alpha value is -3.87. The van der Waals surface area contributed by atoms with Crippen LogP contribution < -0.4 is 4.74 Å². The summed E-state index contributed by atoms with van der Waals surface area (Å²) < 4.78 is 11.3. The Morgan fingerprint density at radius 3 is 2.67 bits per heavy atom. The monoisotopic (exact) mass is 446 g/mol. The van der Waals surface area contributed by atoms with E-state index in [9.17, 15) is 14.7 Å². The summed E-state index contributed by atoms with van der Waals surface area (Å²) in [5, 5.41) is 11.1. The number of carbonyl (C=O) groups is 2. The van der Waals surface area contributed by atoms with Crippen molar-refractivity contribution in [3.05, 3.63) is 89.6 Å². The standard InChI is InChI=1S/C26H26N2O5/c1-2-3-4-14-32-20-8-5-7-19(16-20)23-22(24(29)18-10-12-27-13-11-18)25(30)26(31)28(23)17-21-9-6-15-33-21/h5-13,15-16,23,29H,2-4,14,17H2,1H3/b24-22+. The van der Waals surface area contributed by atoms with E-state index in [0.717, 1.165) is 19.3 Å². The Bertz CT molecular complexity index is 1140. The molecule has 1 atom stereocenters. The van der Waals surface area contributed by atoms with Crippen molar-refractivity contribution < 1.29 is 23.8 Å². The number of amides is 1. The van der Waals surface area contributed by atoms with Gasteiger partial charge in [-0.15, -0.1) is 0 Å². The molecule has 1 amide bonds. The van der Waals surface area contributed by atoms with E-state index in [1.54, 1.807) is 24.3 Å². The van der Waals surface area contributed by atoms with Crippen molar-refractivity contribution in [1.29, 1.82) is 0 Å². The molecule has 0 bridgehead atoms. The van der Waals surface area contributed by atoms with Crippen LogP contribution in [-0.4, -0.2) is 33.3 Å². The lowest BCUT2D eigenvalue weighted by Crippen LogP contribution is -2.29. The summed E-state index contributed by atoms with van der Waals surface area (Å²) in [4.78, 5) is 31.5.